The van der Waals surface area contributed by atoms with Crippen LogP contribution < -0.4 is 15.6 Å². The molecule has 0 saturated heterocycles. The molecule has 0 aliphatic heterocycles. The summed E-state index contributed by atoms with van der Waals surface area (Å²) in [6.07, 6.45) is 5.74. The van der Waals surface area contributed by atoms with Crippen molar-refractivity contribution in [1.29, 1.82) is 0 Å². The van der Waals surface area contributed by atoms with Gasteiger partial charge in [0.25, 0.3) is 11.5 Å². The van der Waals surface area contributed by atoms with Crippen LogP contribution in [-0.4, -0.2) is 38.4 Å². The van der Waals surface area contributed by atoms with E-state index in [2.05, 4.69) is 15.6 Å². The second-order valence-electron chi connectivity index (χ2n) is 8.99. The number of carbonyl (C=O) groups excluding carboxylic acids is 2. The third-order valence-corrected chi connectivity index (χ3v) is 5.49. The second kappa shape index (κ2) is 12.6. The van der Waals surface area contributed by atoms with E-state index >= 15 is 0 Å². The Hall–Kier alpha value is -3.75. The van der Waals surface area contributed by atoms with Crippen LogP contribution in [0.1, 0.15) is 54.7 Å². The fourth-order valence-electron chi connectivity index (χ4n) is 3.72. The van der Waals surface area contributed by atoms with Crippen molar-refractivity contribution >= 4 is 11.7 Å². The first kappa shape index (κ1) is 25.9. The van der Waals surface area contributed by atoms with Crippen LogP contribution in [0.5, 0.6) is 5.75 Å². The molecule has 9 heteroatoms. The fourth-order valence-corrected chi connectivity index (χ4v) is 3.72. The molecule has 0 fully saturated rings. The van der Waals surface area contributed by atoms with Gasteiger partial charge in [0.05, 0.1) is 13.3 Å². The van der Waals surface area contributed by atoms with E-state index in [9.17, 15) is 14.4 Å². The van der Waals surface area contributed by atoms with Crippen LogP contribution in [0.3, 0.4) is 0 Å². The molecular weight excluding hydrogens is 446 g/mol. The van der Waals surface area contributed by atoms with Crippen LogP contribution in [0.4, 0.5) is 0 Å². The first-order valence-corrected chi connectivity index (χ1v) is 11.9. The third kappa shape index (κ3) is 8.20. The van der Waals surface area contributed by atoms with Gasteiger partial charge < -0.3 is 14.6 Å². The number of hydrogen-bond donors (Lipinski definition) is 1. The van der Waals surface area contributed by atoms with Crippen molar-refractivity contribution in [2.45, 2.75) is 59.2 Å². The van der Waals surface area contributed by atoms with Gasteiger partial charge in [0.1, 0.15) is 11.5 Å². The summed E-state index contributed by atoms with van der Waals surface area (Å²) >= 11 is 0. The van der Waals surface area contributed by atoms with E-state index in [1.165, 1.54) is 0 Å². The van der Waals surface area contributed by atoms with Crippen LogP contribution in [0.15, 0.2) is 53.6 Å². The van der Waals surface area contributed by atoms with Crippen molar-refractivity contribution in [3.8, 4) is 5.75 Å². The maximum atomic E-state index is 12.4. The summed E-state index contributed by atoms with van der Waals surface area (Å²) < 4.78 is 8.47. The quantitative estimate of drug-likeness (QED) is 0.378. The van der Waals surface area contributed by atoms with Gasteiger partial charge in [0.15, 0.2) is 5.69 Å². The Morgan fingerprint density at radius 1 is 1.09 bits per heavy atom. The molecule has 3 rings (SSSR count). The van der Waals surface area contributed by atoms with Crippen molar-refractivity contribution in [1.82, 2.24) is 24.9 Å². The molecule has 0 bridgehead atoms. The second-order valence-corrected chi connectivity index (χ2v) is 8.99. The van der Waals surface area contributed by atoms with Gasteiger partial charge >= 0.3 is 0 Å². The number of benzene rings is 1. The molecule has 35 heavy (non-hydrogen) atoms. The monoisotopic (exact) mass is 479 g/mol. The molecule has 9 nitrogen and oxygen atoms in total. The lowest BCUT2D eigenvalue weighted by Gasteiger charge is -2.08. The molecule has 1 N–H and O–H groups in total. The summed E-state index contributed by atoms with van der Waals surface area (Å²) in [6.45, 7) is 5.54. The molecule has 0 spiro atoms. The maximum absolute atomic E-state index is 12.4. The average molecular weight is 480 g/mol. The van der Waals surface area contributed by atoms with Gasteiger partial charge in [0, 0.05) is 44.7 Å². The van der Waals surface area contributed by atoms with Crippen LogP contribution in [0.25, 0.3) is 0 Å². The first-order valence-electron chi connectivity index (χ1n) is 11.9. The van der Waals surface area contributed by atoms with Gasteiger partial charge in [-0.25, -0.2) is 0 Å². The van der Waals surface area contributed by atoms with Crippen molar-refractivity contribution in [3.63, 3.8) is 0 Å². The molecule has 0 atom stereocenters. The third-order valence-electron chi connectivity index (χ3n) is 5.49. The first-order chi connectivity index (χ1) is 16.8. The van der Waals surface area contributed by atoms with E-state index in [0.29, 0.717) is 38.4 Å². The Morgan fingerprint density at radius 3 is 2.63 bits per heavy atom. The van der Waals surface area contributed by atoms with Crippen LogP contribution in [0, 0.1) is 5.92 Å². The lowest BCUT2D eigenvalue weighted by molar-refractivity contribution is -0.119. The largest absolute Gasteiger partial charge is 0.497 e. The molecule has 2 heterocycles. The average Bonchev–Trinajstić information content (AvgIpc) is 3.30. The molecule has 0 aliphatic rings. The lowest BCUT2D eigenvalue weighted by atomic mass is 10.0. The lowest BCUT2D eigenvalue weighted by Crippen LogP contribution is -2.23. The van der Waals surface area contributed by atoms with Gasteiger partial charge in [-0.05, 0) is 48.1 Å². The van der Waals surface area contributed by atoms with Crippen molar-refractivity contribution < 1.29 is 14.3 Å². The molecular formula is C26H33N5O4. The van der Waals surface area contributed by atoms with Crippen molar-refractivity contribution in [3.05, 3.63) is 76.0 Å². The summed E-state index contributed by atoms with van der Waals surface area (Å²) in [7, 11) is 1.60. The highest BCUT2D eigenvalue weighted by Gasteiger charge is 2.11. The number of nitrogens with zero attached hydrogens (tertiary/aromatic N) is 4. The minimum Gasteiger partial charge on any atom is -0.497 e. The predicted molar refractivity (Wildman–Crippen MR) is 132 cm³/mol. The summed E-state index contributed by atoms with van der Waals surface area (Å²) in [4.78, 5) is 36.7. The Morgan fingerprint density at radius 2 is 1.89 bits per heavy atom. The van der Waals surface area contributed by atoms with Crippen molar-refractivity contribution in [2.75, 3.05) is 7.11 Å². The van der Waals surface area contributed by atoms with E-state index in [0.717, 1.165) is 29.7 Å². The zero-order valence-electron chi connectivity index (χ0n) is 20.6. The molecule has 1 aromatic carbocycles. The Bertz CT molecular complexity index is 1200. The van der Waals surface area contributed by atoms with E-state index in [-0.39, 0.29) is 22.9 Å². The number of amides is 1. The SMILES string of the molecule is COc1cccc(CNC(=O)c2cn(CCCCn3ccc(CC(=O)CC(C)C)cc3=O)nn2)c1. The van der Waals surface area contributed by atoms with Crippen molar-refractivity contribution in [2.24, 2.45) is 5.92 Å². The molecule has 0 unspecified atom stereocenters. The number of methoxy groups -OCH3 is 1. The van der Waals surface area contributed by atoms with Gasteiger partial charge in [0.2, 0.25) is 0 Å². The number of unbranched alkanes of at least 4 members (excludes halogenated alkanes) is 1. The Balaban J connectivity index is 1.42. The zero-order valence-corrected chi connectivity index (χ0v) is 20.6. The Kier molecular flexibility index (Phi) is 9.34. The number of aryl methyl sites for hydroxylation is 2. The smallest absolute Gasteiger partial charge is 0.273 e. The fraction of sp³-hybridized carbons (Fsp3) is 0.423. The molecule has 0 aliphatic carbocycles. The molecule has 0 saturated carbocycles. The molecule has 0 radical (unpaired) electrons. The Labute approximate surface area is 205 Å². The van der Waals surface area contributed by atoms with Crippen LogP contribution in [-0.2, 0) is 30.8 Å². The normalized spacial score (nSPS) is 11.0. The number of rotatable bonds is 13. The summed E-state index contributed by atoms with van der Waals surface area (Å²) in [5.41, 5.74) is 1.84. The minimum absolute atomic E-state index is 0.101. The molecule has 2 aromatic heterocycles. The van der Waals surface area contributed by atoms with E-state index in [1.807, 2.05) is 44.2 Å². The number of nitrogens with one attached hydrogen (secondary N) is 1. The van der Waals surface area contributed by atoms with Crippen LogP contribution in [0.2, 0.25) is 0 Å². The number of Topliss-reactive ketones (excluding diaryl/α,β-unsaturated/α-hetero) is 1. The number of ether oxygens (including phenoxy) is 1. The topological polar surface area (TPSA) is 108 Å². The summed E-state index contributed by atoms with van der Waals surface area (Å²) in [5.74, 6) is 0.908. The standard InChI is InChI=1S/C26H33N5O4/c1-19(2)13-22(32)14-20-9-12-30(25(33)16-20)10-4-5-11-31-18-24(28-29-31)26(34)27-17-21-7-6-8-23(15-21)35-3/h6-9,12,15-16,18-19H,4-5,10-11,13-14,17H2,1-3H3,(H,27,34). The molecule has 186 valence electrons. The number of pyridine rings is 1. The van der Waals surface area contributed by atoms with Gasteiger partial charge in [-0.1, -0.05) is 31.2 Å². The van der Waals surface area contributed by atoms with Gasteiger partial charge in [-0.2, -0.15) is 0 Å². The maximum Gasteiger partial charge on any atom is 0.273 e. The predicted octanol–water partition coefficient (Wildman–Crippen LogP) is 3.02. The highest BCUT2D eigenvalue weighted by molar-refractivity contribution is 5.91. The van der Waals surface area contributed by atoms with Gasteiger partial charge in [-0.15, -0.1) is 5.10 Å². The summed E-state index contributed by atoms with van der Waals surface area (Å²) in [5, 5.41) is 10.8. The zero-order chi connectivity index (χ0) is 25.2. The number of carbonyl (C=O) groups is 2. The minimum atomic E-state index is -0.294. The number of aromatic nitrogens is 4. The highest BCUT2D eigenvalue weighted by Crippen LogP contribution is 2.12. The molecule has 1 amide bonds. The molecule has 3 aromatic rings. The summed E-state index contributed by atoms with van der Waals surface area (Å²) in [6, 6.07) is 10.9. The van der Waals surface area contributed by atoms with E-state index in [1.54, 1.807) is 34.8 Å². The van der Waals surface area contributed by atoms with E-state index in [4.69, 9.17) is 4.74 Å². The van der Waals surface area contributed by atoms with Crippen LogP contribution >= 0.6 is 0 Å². The number of hydrogen-bond acceptors (Lipinski definition) is 6. The van der Waals surface area contributed by atoms with E-state index < -0.39 is 0 Å². The number of ketones is 1. The highest BCUT2D eigenvalue weighted by atomic mass is 16.5. The van der Waals surface area contributed by atoms with Gasteiger partial charge in [-0.3, -0.25) is 19.1 Å².